The number of fused-ring (bicyclic) bond motifs is 1. The molecule has 1 aromatic heterocycles. The molecule has 0 radical (unpaired) electrons. The van der Waals surface area contributed by atoms with E-state index in [0.717, 1.165) is 28.0 Å². The van der Waals surface area contributed by atoms with E-state index in [2.05, 4.69) is 26.0 Å². The average Bonchev–Trinajstić information content (AvgIpc) is 2.76. The molecule has 0 fully saturated rings. The van der Waals surface area contributed by atoms with Crippen molar-refractivity contribution in [3.8, 4) is 17.0 Å². The third-order valence-corrected chi connectivity index (χ3v) is 5.39. The zero-order chi connectivity index (χ0) is 20.4. The van der Waals surface area contributed by atoms with Gasteiger partial charge in [0.05, 0.1) is 5.69 Å². The predicted octanol–water partition coefficient (Wildman–Crippen LogP) is 5.91. The summed E-state index contributed by atoms with van der Waals surface area (Å²) in [6.07, 6.45) is 0. The van der Waals surface area contributed by atoms with Crippen LogP contribution in [0.3, 0.4) is 0 Å². The van der Waals surface area contributed by atoms with Crippen molar-refractivity contribution >= 4 is 10.8 Å². The van der Waals surface area contributed by atoms with Crippen LogP contribution >= 0.6 is 0 Å². The summed E-state index contributed by atoms with van der Waals surface area (Å²) in [6.45, 7) is 4.75. The molecule has 4 aromatic rings. The average molecular weight is 383 g/mol. The third kappa shape index (κ3) is 3.68. The van der Waals surface area contributed by atoms with E-state index in [1.54, 1.807) is 4.57 Å². The van der Waals surface area contributed by atoms with Crippen LogP contribution in [0.5, 0.6) is 5.75 Å². The van der Waals surface area contributed by atoms with Gasteiger partial charge in [-0.1, -0.05) is 74.5 Å². The topological polar surface area (TPSA) is 31.2 Å². The van der Waals surface area contributed by atoms with E-state index in [1.165, 1.54) is 5.56 Å². The molecule has 0 aliphatic rings. The molecular formula is C26H25NO2. The van der Waals surface area contributed by atoms with Crippen LogP contribution in [0.4, 0.5) is 0 Å². The maximum atomic E-state index is 13.0. The highest BCUT2D eigenvalue weighted by Gasteiger charge is 2.16. The zero-order valence-corrected chi connectivity index (χ0v) is 17.1. The fraction of sp³-hybridized carbons (Fsp3) is 0.192. The molecule has 3 heteroatoms. The molecule has 0 saturated carbocycles. The Morgan fingerprint density at radius 1 is 0.828 bits per heavy atom. The van der Waals surface area contributed by atoms with Gasteiger partial charge in [-0.05, 0) is 40.6 Å². The van der Waals surface area contributed by atoms with Gasteiger partial charge < -0.3 is 9.30 Å². The smallest absolute Gasteiger partial charge is 0.258 e. The summed E-state index contributed by atoms with van der Waals surface area (Å²) in [5.74, 6) is 1.31. The summed E-state index contributed by atoms with van der Waals surface area (Å²) in [5.41, 5.74) is 4.21. The van der Waals surface area contributed by atoms with E-state index in [4.69, 9.17) is 4.74 Å². The van der Waals surface area contributed by atoms with Gasteiger partial charge in [0.25, 0.3) is 5.56 Å². The number of ether oxygens (including phenoxy) is 1. The highest BCUT2D eigenvalue weighted by atomic mass is 16.5. The molecule has 0 unspecified atom stereocenters. The largest absolute Gasteiger partial charge is 0.489 e. The van der Waals surface area contributed by atoms with Gasteiger partial charge in [0.1, 0.15) is 12.4 Å². The van der Waals surface area contributed by atoms with Gasteiger partial charge in [-0.25, -0.2) is 0 Å². The van der Waals surface area contributed by atoms with Crippen molar-refractivity contribution in [1.82, 2.24) is 4.57 Å². The Morgan fingerprint density at radius 2 is 1.45 bits per heavy atom. The summed E-state index contributed by atoms with van der Waals surface area (Å²) in [6, 6.07) is 26.0. The molecule has 0 bridgehead atoms. The van der Waals surface area contributed by atoms with Crippen LogP contribution in [0.1, 0.15) is 30.9 Å². The summed E-state index contributed by atoms with van der Waals surface area (Å²) in [7, 11) is 1.83. The Balaban J connectivity index is 1.81. The first-order valence-electron chi connectivity index (χ1n) is 9.95. The second-order valence-electron chi connectivity index (χ2n) is 7.62. The number of pyridine rings is 1. The molecule has 0 atom stereocenters. The van der Waals surface area contributed by atoms with E-state index >= 15 is 0 Å². The molecule has 0 spiro atoms. The molecule has 1 heterocycles. The van der Waals surface area contributed by atoms with Crippen LogP contribution in [-0.4, -0.2) is 4.57 Å². The predicted molar refractivity (Wildman–Crippen MR) is 119 cm³/mol. The molecule has 4 rings (SSSR count). The minimum atomic E-state index is 0.00416. The van der Waals surface area contributed by atoms with Gasteiger partial charge in [0.2, 0.25) is 0 Å². The lowest BCUT2D eigenvalue weighted by molar-refractivity contribution is 0.307. The van der Waals surface area contributed by atoms with E-state index in [9.17, 15) is 4.79 Å². The second-order valence-corrected chi connectivity index (χ2v) is 7.62. The van der Waals surface area contributed by atoms with Crippen LogP contribution < -0.4 is 10.3 Å². The van der Waals surface area contributed by atoms with Crippen LogP contribution in [-0.2, 0) is 13.7 Å². The van der Waals surface area contributed by atoms with Crippen LogP contribution in [0.15, 0.2) is 83.7 Å². The zero-order valence-electron chi connectivity index (χ0n) is 17.1. The lowest BCUT2D eigenvalue weighted by Gasteiger charge is -2.18. The van der Waals surface area contributed by atoms with Crippen molar-refractivity contribution in [3.63, 3.8) is 0 Å². The minimum absolute atomic E-state index is 0.00416. The fourth-order valence-electron chi connectivity index (χ4n) is 3.76. The number of aromatic nitrogens is 1. The second kappa shape index (κ2) is 7.96. The Kier molecular flexibility index (Phi) is 5.22. The summed E-state index contributed by atoms with van der Waals surface area (Å²) in [4.78, 5) is 13.0. The normalized spacial score (nSPS) is 11.2. The summed E-state index contributed by atoms with van der Waals surface area (Å²) < 4.78 is 7.91. The van der Waals surface area contributed by atoms with Crippen molar-refractivity contribution in [2.45, 2.75) is 26.4 Å². The van der Waals surface area contributed by atoms with Crippen LogP contribution in [0.2, 0.25) is 0 Å². The van der Waals surface area contributed by atoms with E-state index in [1.807, 2.05) is 73.8 Å². The first-order chi connectivity index (χ1) is 14.1. The summed E-state index contributed by atoms with van der Waals surface area (Å²) in [5, 5.41) is 1.65. The van der Waals surface area contributed by atoms with E-state index < -0.39 is 0 Å². The van der Waals surface area contributed by atoms with Crippen molar-refractivity contribution in [2.24, 2.45) is 7.05 Å². The van der Waals surface area contributed by atoms with E-state index in [-0.39, 0.29) is 5.56 Å². The highest BCUT2D eigenvalue weighted by Crippen LogP contribution is 2.29. The number of hydrogen-bond donors (Lipinski definition) is 0. The standard InChI is InChI=1S/C26H25NO2/c1-18(2)19-13-15-21(16-14-19)29-17-24-22-11-7-8-12-23(22)26(28)27(3)25(24)20-9-5-4-6-10-20/h4-16,18H,17H2,1-3H3. The first kappa shape index (κ1) is 19.0. The van der Waals surface area contributed by atoms with Crippen molar-refractivity contribution in [3.05, 3.63) is 100 Å². The molecule has 3 nitrogen and oxygen atoms in total. The summed E-state index contributed by atoms with van der Waals surface area (Å²) >= 11 is 0. The maximum Gasteiger partial charge on any atom is 0.258 e. The van der Waals surface area contributed by atoms with Gasteiger partial charge in [-0.2, -0.15) is 0 Å². The number of nitrogens with zero attached hydrogens (tertiary/aromatic N) is 1. The fourth-order valence-corrected chi connectivity index (χ4v) is 3.76. The van der Waals surface area contributed by atoms with Gasteiger partial charge >= 0.3 is 0 Å². The van der Waals surface area contributed by atoms with E-state index in [0.29, 0.717) is 17.9 Å². The molecule has 0 saturated heterocycles. The van der Waals surface area contributed by atoms with Crippen LogP contribution in [0, 0.1) is 0 Å². The number of benzene rings is 3. The van der Waals surface area contributed by atoms with Gasteiger partial charge in [0, 0.05) is 18.0 Å². The lowest BCUT2D eigenvalue weighted by atomic mass is 9.99. The molecule has 0 aliphatic heterocycles. The SMILES string of the molecule is CC(C)c1ccc(OCc2c(-c3ccccc3)n(C)c(=O)c3ccccc23)cc1. The molecule has 146 valence electrons. The Hall–Kier alpha value is -3.33. The molecule has 0 aliphatic carbocycles. The lowest BCUT2D eigenvalue weighted by Crippen LogP contribution is -2.21. The van der Waals surface area contributed by atoms with Gasteiger partial charge in [0.15, 0.2) is 0 Å². The molecule has 29 heavy (non-hydrogen) atoms. The molecule has 3 aromatic carbocycles. The quantitative estimate of drug-likeness (QED) is 0.429. The Bertz CT molecular complexity index is 1190. The maximum absolute atomic E-state index is 13.0. The third-order valence-electron chi connectivity index (χ3n) is 5.39. The molecule has 0 N–H and O–H groups in total. The van der Waals surface area contributed by atoms with Gasteiger partial charge in [-0.3, -0.25) is 4.79 Å². The Morgan fingerprint density at radius 3 is 2.10 bits per heavy atom. The highest BCUT2D eigenvalue weighted by molar-refractivity contribution is 5.89. The van der Waals surface area contributed by atoms with Crippen molar-refractivity contribution in [2.75, 3.05) is 0 Å². The first-order valence-corrected chi connectivity index (χ1v) is 9.95. The molecule has 0 amide bonds. The van der Waals surface area contributed by atoms with Crippen molar-refractivity contribution < 1.29 is 4.74 Å². The number of hydrogen-bond acceptors (Lipinski definition) is 2. The van der Waals surface area contributed by atoms with Gasteiger partial charge in [-0.15, -0.1) is 0 Å². The number of rotatable bonds is 5. The Labute approximate surface area is 171 Å². The monoisotopic (exact) mass is 383 g/mol. The minimum Gasteiger partial charge on any atom is -0.489 e. The molecular weight excluding hydrogens is 358 g/mol. The van der Waals surface area contributed by atoms with Crippen molar-refractivity contribution in [1.29, 1.82) is 0 Å². The van der Waals surface area contributed by atoms with Crippen LogP contribution in [0.25, 0.3) is 22.0 Å².